The lowest BCUT2D eigenvalue weighted by Gasteiger charge is -1.82. The average molecular weight is 215 g/mol. The number of thiophene rings is 1. The standard InChI is InChI=1S/C9H8OS.CH3Cl/c10-6-8-5-7-3-1-2-4-9(7)11-8;1-2/h1-5,10H,6H2;1H3. The van der Waals surface area contributed by atoms with Crippen molar-refractivity contribution in [3.63, 3.8) is 0 Å². The van der Waals surface area contributed by atoms with Crippen molar-refractivity contribution in [2.75, 3.05) is 6.38 Å². The summed E-state index contributed by atoms with van der Waals surface area (Å²) in [6.07, 6.45) is 1.47. The average Bonchev–Trinajstić information content (AvgIpc) is 2.63. The van der Waals surface area contributed by atoms with Gasteiger partial charge in [0.25, 0.3) is 0 Å². The number of benzene rings is 1. The zero-order valence-electron chi connectivity index (χ0n) is 7.33. The molecule has 0 atom stereocenters. The van der Waals surface area contributed by atoms with Gasteiger partial charge in [-0.1, -0.05) is 18.2 Å². The Hall–Kier alpha value is -0.570. The van der Waals surface area contributed by atoms with Crippen LogP contribution >= 0.6 is 22.9 Å². The van der Waals surface area contributed by atoms with Gasteiger partial charge in [-0.05, 0) is 17.5 Å². The number of halogens is 1. The van der Waals surface area contributed by atoms with E-state index in [2.05, 4.69) is 23.7 Å². The Morgan fingerprint density at radius 3 is 2.62 bits per heavy atom. The number of aliphatic hydroxyl groups is 1. The third-order valence-electron chi connectivity index (χ3n) is 1.63. The zero-order chi connectivity index (χ0) is 9.68. The predicted molar refractivity (Wildman–Crippen MR) is 59.5 cm³/mol. The van der Waals surface area contributed by atoms with Crippen LogP contribution in [0.5, 0.6) is 0 Å². The van der Waals surface area contributed by atoms with Crippen molar-refractivity contribution in [3.05, 3.63) is 35.2 Å². The van der Waals surface area contributed by atoms with E-state index in [0.717, 1.165) is 4.88 Å². The van der Waals surface area contributed by atoms with Crippen molar-refractivity contribution in [2.45, 2.75) is 6.61 Å². The summed E-state index contributed by atoms with van der Waals surface area (Å²) in [6.45, 7) is 0.152. The highest BCUT2D eigenvalue weighted by Crippen LogP contribution is 2.24. The fraction of sp³-hybridized carbons (Fsp3) is 0.200. The van der Waals surface area contributed by atoms with E-state index >= 15 is 0 Å². The highest BCUT2D eigenvalue weighted by atomic mass is 35.5. The third kappa shape index (κ3) is 2.44. The van der Waals surface area contributed by atoms with Gasteiger partial charge in [-0.2, -0.15) is 0 Å². The maximum Gasteiger partial charge on any atom is 0.0774 e. The quantitative estimate of drug-likeness (QED) is 0.723. The Balaban J connectivity index is 0.000000396. The van der Waals surface area contributed by atoms with Gasteiger partial charge in [0.15, 0.2) is 0 Å². The Labute approximate surface area is 86.6 Å². The van der Waals surface area contributed by atoms with Gasteiger partial charge in [0.2, 0.25) is 0 Å². The van der Waals surface area contributed by atoms with E-state index in [1.807, 2.05) is 18.2 Å². The Morgan fingerprint density at radius 1 is 1.31 bits per heavy atom. The molecule has 0 aliphatic heterocycles. The first-order valence-electron chi connectivity index (χ1n) is 3.86. The summed E-state index contributed by atoms with van der Waals surface area (Å²) in [4.78, 5) is 1.03. The summed E-state index contributed by atoms with van der Waals surface area (Å²) < 4.78 is 1.25. The number of hydrogen-bond donors (Lipinski definition) is 1. The van der Waals surface area contributed by atoms with Crippen molar-refractivity contribution < 1.29 is 5.11 Å². The number of rotatable bonds is 1. The molecule has 2 rings (SSSR count). The minimum absolute atomic E-state index is 0.152. The van der Waals surface area contributed by atoms with Crippen LogP contribution in [0, 0.1) is 0 Å². The van der Waals surface area contributed by atoms with Gasteiger partial charge in [0, 0.05) is 16.0 Å². The summed E-state index contributed by atoms with van der Waals surface area (Å²) in [6, 6.07) is 10.2. The van der Waals surface area contributed by atoms with Gasteiger partial charge < -0.3 is 5.11 Å². The number of hydrogen-bond acceptors (Lipinski definition) is 2. The maximum atomic E-state index is 8.85. The normalized spacial score (nSPS) is 9.46. The van der Waals surface area contributed by atoms with Gasteiger partial charge >= 0.3 is 0 Å². The van der Waals surface area contributed by atoms with Gasteiger partial charge in [-0.3, -0.25) is 0 Å². The van der Waals surface area contributed by atoms with Gasteiger partial charge in [0.1, 0.15) is 0 Å². The van der Waals surface area contributed by atoms with Crippen LogP contribution < -0.4 is 0 Å². The topological polar surface area (TPSA) is 20.2 Å². The van der Waals surface area contributed by atoms with Crippen LogP contribution in [0.4, 0.5) is 0 Å². The molecule has 1 aromatic heterocycles. The minimum Gasteiger partial charge on any atom is -0.391 e. The lowest BCUT2D eigenvalue weighted by molar-refractivity contribution is 0.285. The van der Waals surface area contributed by atoms with E-state index in [9.17, 15) is 0 Å². The molecule has 0 aliphatic rings. The molecule has 0 amide bonds. The summed E-state index contributed by atoms with van der Waals surface area (Å²) in [7, 11) is 0. The van der Waals surface area contributed by atoms with Crippen LogP contribution in [-0.2, 0) is 6.61 Å². The fourth-order valence-corrected chi connectivity index (χ4v) is 2.04. The molecule has 1 aromatic carbocycles. The summed E-state index contributed by atoms with van der Waals surface area (Å²) >= 11 is 6.29. The molecular weight excluding hydrogens is 204 g/mol. The molecule has 3 heteroatoms. The largest absolute Gasteiger partial charge is 0.391 e. The van der Waals surface area contributed by atoms with Gasteiger partial charge in [-0.25, -0.2) is 0 Å². The molecule has 1 N–H and O–H groups in total. The Bertz CT molecular complexity index is 337. The third-order valence-corrected chi connectivity index (χ3v) is 2.73. The zero-order valence-corrected chi connectivity index (χ0v) is 8.90. The Morgan fingerprint density at radius 2 is 2.00 bits per heavy atom. The first kappa shape index (κ1) is 10.5. The molecule has 70 valence electrons. The lowest BCUT2D eigenvalue weighted by atomic mass is 10.2. The highest BCUT2D eigenvalue weighted by molar-refractivity contribution is 7.19. The fourth-order valence-electron chi connectivity index (χ4n) is 1.11. The monoisotopic (exact) mass is 214 g/mol. The predicted octanol–water partition coefficient (Wildman–Crippen LogP) is 3.25. The summed E-state index contributed by atoms with van der Waals surface area (Å²) in [5, 5.41) is 10.1. The van der Waals surface area contributed by atoms with Crippen LogP contribution in [0.2, 0.25) is 0 Å². The molecule has 0 radical (unpaired) electrons. The molecule has 2 aromatic rings. The van der Waals surface area contributed by atoms with Crippen LogP contribution in [0.15, 0.2) is 30.3 Å². The second-order valence-corrected chi connectivity index (χ2v) is 3.58. The van der Waals surface area contributed by atoms with E-state index in [1.54, 1.807) is 11.3 Å². The first-order chi connectivity index (χ1) is 6.40. The molecule has 0 aliphatic carbocycles. The highest BCUT2D eigenvalue weighted by Gasteiger charge is 1.97. The minimum atomic E-state index is 0.152. The summed E-state index contributed by atoms with van der Waals surface area (Å²) in [5.41, 5.74) is 0. The van der Waals surface area contributed by atoms with Crippen molar-refractivity contribution in [1.29, 1.82) is 0 Å². The first-order valence-corrected chi connectivity index (χ1v) is 5.43. The lowest BCUT2D eigenvalue weighted by Crippen LogP contribution is -1.69. The van der Waals surface area contributed by atoms with Crippen molar-refractivity contribution in [1.82, 2.24) is 0 Å². The molecule has 0 bridgehead atoms. The SMILES string of the molecule is CCl.OCc1cc2ccccc2s1. The maximum absolute atomic E-state index is 8.85. The molecule has 1 nitrogen and oxygen atoms in total. The van der Waals surface area contributed by atoms with Crippen molar-refractivity contribution in [3.8, 4) is 0 Å². The molecule has 13 heavy (non-hydrogen) atoms. The van der Waals surface area contributed by atoms with Crippen LogP contribution in [0.3, 0.4) is 0 Å². The Kier molecular flexibility index (Phi) is 4.22. The second-order valence-electron chi connectivity index (χ2n) is 2.41. The van der Waals surface area contributed by atoms with E-state index in [1.165, 1.54) is 16.5 Å². The summed E-state index contributed by atoms with van der Waals surface area (Å²) in [5.74, 6) is 0. The van der Waals surface area contributed by atoms with Crippen LogP contribution in [-0.4, -0.2) is 11.5 Å². The molecule has 0 spiro atoms. The van der Waals surface area contributed by atoms with Crippen molar-refractivity contribution in [2.24, 2.45) is 0 Å². The van der Waals surface area contributed by atoms with E-state index in [-0.39, 0.29) is 6.61 Å². The van der Waals surface area contributed by atoms with Crippen LogP contribution in [0.25, 0.3) is 10.1 Å². The molecular formula is C10H11ClOS. The van der Waals surface area contributed by atoms with Crippen LogP contribution in [0.1, 0.15) is 4.88 Å². The smallest absolute Gasteiger partial charge is 0.0774 e. The van der Waals surface area contributed by atoms with Gasteiger partial charge in [0.05, 0.1) is 6.61 Å². The van der Waals surface area contributed by atoms with E-state index < -0.39 is 0 Å². The number of fused-ring (bicyclic) bond motifs is 1. The molecule has 0 fully saturated rings. The van der Waals surface area contributed by atoms with Gasteiger partial charge in [-0.15, -0.1) is 22.9 Å². The van der Waals surface area contributed by atoms with Crippen molar-refractivity contribution >= 4 is 33.0 Å². The molecule has 0 saturated carbocycles. The number of aliphatic hydroxyl groups excluding tert-OH is 1. The second kappa shape index (κ2) is 5.22. The van der Waals surface area contributed by atoms with E-state index in [4.69, 9.17) is 5.11 Å². The van der Waals surface area contributed by atoms with E-state index in [0.29, 0.717) is 0 Å². The molecule has 0 saturated heterocycles. The number of alkyl halides is 1. The molecule has 0 unspecified atom stereocenters. The molecule has 1 heterocycles.